The van der Waals surface area contributed by atoms with Crippen LogP contribution >= 0.6 is 11.6 Å². The van der Waals surface area contributed by atoms with Crippen LogP contribution in [0, 0.1) is 6.92 Å². The van der Waals surface area contributed by atoms with Crippen LogP contribution in [-0.4, -0.2) is 35.0 Å². The molecule has 172 valence electrons. The minimum Gasteiger partial charge on any atom is -0.452 e. The predicted molar refractivity (Wildman–Crippen MR) is 130 cm³/mol. The summed E-state index contributed by atoms with van der Waals surface area (Å²) in [7, 11) is 0. The zero-order valence-corrected chi connectivity index (χ0v) is 19.2. The van der Waals surface area contributed by atoms with E-state index in [0.29, 0.717) is 38.4 Å². The highest BCUT2D eigenvalue weighted by atomic mass is 35.5. The first-order valence-electron chi connectivity index (χ1n) is 10.7. The number of carbonyl (C=O) groups is 4. The lowest BCUT2D eigenvalue weighted by Crippen LogP contribution is -2.23. The average molecular weight is 485 g/mol. The van der Waals surface area contributed by atoms with Crippen molar-refractivity contribution in [3.63, 3.8) is 0 Å². The van der Waals surface area contributed by atoms with Gasteiger partial charge in [0.05, 0.1) is 16.8 Å². The minimum atomic E-state index is -0.699. The molecule has 1 aliphatic rings. The van der Waals surface area contributed by atoms with Crippen molar-refractivity contribution in [1.82, 2.24) is 4.98 Å². The summed E-state index contributed by atoms with van der Waals surface area (Å²) < 4.78 is 5.17. The fourth-order valence-corrected chi connectivity index (χ4v) is 4.21. The van der Waals surface area contributed by atoms with Gasteiger partial charge < -0.3 is 10.1 Å². The molecule has 0 spiro atoms. The highest BCUT2D eigenvalue weighted by molar-refractivity contribution is 6.31. The fourth-order valence-electron chi connectivity index (χ4n) is 4.03. The number of hydrogen-bond acceptors (Lipinski definition) is 6. The van der Waals surface area contributed by atoms with E-state index in [1.807, 2.05) is 0 Å². The Balaban J connectivity index is 1.29. The molecule has 1 aromatic heterocycles. The molecule has 7 nitrogen and oxygen atoms in total. The van der Waals surface area contributed by atoms with Crippen LogP contribution in [0.15, 0.2) is 66.7 Å². The summed E-state index contributed by atoms with van der Waals surface area (Å²) in [5.74, 6) is -1.84. The Morgan fingerprint density at radius 2 is 1.57 bits per heavy atom. The lowest BCUT2D eigenvalue weighted by atomic mass is 9.84. The van der Waals surface area contributed by atoms with Crippen molar-refractivity contribution in [2.45, 2.75) is 6.92 Å². The maximum Gasteiger partial charge on any atom is 0.340 e. The first-order chi connectivity index (χ1) is 16.8. The molecule has 0 saturated carbocycles. The third kappa shape index (κ3) is 4.18. The Labute approximate surface area is 204 Å². The van der Waals surface area contributed by atoms with Gasteiger partial charge in [0, 0.05) is 38.4 Å². The van der Waals surface area contributed by atoms with Crippen LogP contribution in [0.5, 0.6) is 0 Å². The SMILES string of the molecule is Cc1nc2ccc(Cl)cc2cc1C(=O)OCC(=O)Nc1ccc2c(c1)C(=O)c1ccccc1C2=O. The van der Waals surface area contributed by atoms with Gasteiger partial charge in [0.2, 0.25) is 0 Å². The molecular weight excluding hydrogens is 468 g/mol. The van der Waals surface area contributed by atoms with Crippen LogP contribution in [0.4, 0.5) is 5.69 Å². The molecule has 0 aliphatic heterocycles. The van der Waals surface area contributed by atoms with Gasteiger partial charge in [-0.1, -0.05) is 35.9 Å². The van der Waals surface area contributed by atoms with E-state index in [0.717, 1.165) is 0 Å². The van der Waals surface area contributed by atoms with Gasteiger partial charge in [0.15, 0.2) is 18.2 Å². The van der Waals surface area contributed by atoms with Gasteiger partial charge in [-0.3, -0.25) is 19.4 Å². The molecule has 0 unspecified atom stereocenters. The van der Waals surface area contributed by atoms with Gasteiger partial charge in [0.1, 0.15) is 0 Å². The number of halogens is 1. The molecule has 5 rings (SSSR count). The molecule has 0 bridgehead atoms. The molecule has 3 aromatic carbocycles. The molecule has 1 N–H and O–H groups in total. The predicted octanol–water partition coefficient (Wildman–Crippen LogP) is 4.77. The summed E-state index contributed by atoms with van der Waals surface area (Å²) in [6.45, 7) is 1.13. The Morgan fingerprint density at radius 3 is 2.31 bits per heavy atom. The van der Waals surface area contributed by atoms with E-state index in [4.69, 9.17) is 16.3 Å². The number of ether oxygens (including phenoxy) is 1. The first kappa shape index (κ1) is 22.4. The van der Waals surface area contributed by atoms with Crippen molar-refractivity contribution in [2.75, 3.05) is 11.9 Å². The van der Waals surface area contributed by atoms with Crippen molar-refractivity contribution in [2.24, 2.45) is 0 Å². The molecule has 8 heteroatoms. The van der Waals surface area contributed by atoms with Crippen LogP contribution < -0.4 is 5.32 Å². The van der Waals surface area contributed by atoms with Gasteiger partial charge in [-0.15, -0.1) is 0 Å². The summed E-state index contributed by atoms with van der Waals surface area (Å²) in [4.78, 5) is 55.0. The topological polar surface area (TPSA) is 102 Å². The number of pyridine rings is 1. The zero-order chi connectivity index (χ0) is 24.7. The van der Waals surface area contributed by atoms with E-state index in [1.165, 1.54) is 18.2 Å². The molecule has 0 atom stereocenters. The second-order valence-corrected chi connectivity index (χ2v) is 8.48. The molecule has 1 aliphatic carbocycles. The van der Waals surface area contributed by atoms with Crippen LogP contribution in [0.1, 0.15) is 47.9 Å². The third-order valence-corrected chi connectivity index (χ3v) is 5.97. The quantitative estimate of drug-likeness (QED) is 0.369. The Morgan fingerprint density at radius 1 is 0.886 bits per heavy atom. The average Bonchev–Trinajstić information content (AvgIpc) is 2.85. The van der Waals surface area contributed by atoms with Crippen molar-refractivity contribution >= 4 is 51.6 Å². The van der Waals surface area contributed by atoms with Crippen LogP contribution in [0.3, 0.4) is 0 Å². The number of aromatic nitrogens is 1. The van der Waals surface area contributed by atoms with Gasteiger partial charge in [0.25, 0.3) is 5.91 Å². The van der Waals surface area contributed by atoms with Gasteiger partial charge in [-0.05, 0) is 49.4 Å². The summed E-state index contributed by atoms with van der Waals surface area (Å²) in [6, 6.07) is 17.9. The number of aryl methyl sites for hydroxylation is 1. The number of hydrogen-bond donors (Lipinski definition) is 1. The molecule has 1 amide bonds. The number of benzene rings is 3. The lowest BCUT2D eigenvalue weighted by molar-refractivity contribution is -0.119. The van der Waals surface area contributed by atoms with Crippen molar-refractivity contribution < 1.29 is 23.9 Å². The summed E-state index contributed by atoms with van der Waals surface area (Å²) in [5, 5.41) is 3.78. The summed E-state index contributed by atoms with van der Waals surface area (Å²) in [5.41, 5.74) is 2.84. The maximum atomic E-state index is 12.9. The molecule has 4 aromatic rings. The molecule has 1 heterocycles. The Bertz CT molecular complexity index is 1580. The number of amides is 1. The van der Waals surface area contributed by atoms with Crippen LogP contribution in [0.25, 0.3) is 10.9 Å². The molecular formula is C27H17ClN2O5. The normalized spacial score (nSPS) is 12.2. The molecule has 0 fully saturated rings. The van der Waals surface area contributed by atoms with Crippen LogP contribution in [0.2, 0.25) is 5.02 Å². The lowest BCUT2D eigenvalue weighted by Gasteiger charge is -2.18. The zero-order valence-electron chi connectivity index (χ0n) is 18.4. The van der Waals surface area contributed by atoms with E-state index in [-0.39, 0.29) is 28.3 Å². The second kappa shape index (κ2) is 8.77. The van der Waals surface area contributed by atoms with Crippen LogP contribution in [-0.2, 0) is 9.53 Å². The van der Waals surface area contributed by atoms with Crippen molar-refractivity contribution in [3.05, 3.63) is 105 Å². The minimum absolute atomic E-state index is 0.208. The highest BCUT2D eigenvalue weighted by Crippen LogP contribution is 2.29. The number of carbonyl (C=O) groups excluding carboxylic acids is 4. The molecule has 35 heavy (non-hydrogen) atoms. The van der Waals surface area contributed by atoms with E-state index >= 15 is 0 Å². The maximum absolute atomic E-state index is 12.9. The summed E-state index contributed by atoms with van der Waals surface area (Å²) >= 11 is 6.02. The number of esters is 1. The first-order valence-corrected chi connectivity index (χ1v) is 11.1. The Kier molecular flexibility index (Phi) is 5.62. The van der Waals surface area contributed by atoms with Gasteiger partial charge in [-0.2, -0.15) is 0 Å². The highest BCUT2D eigenvalue weighted by Gasteiger charge is 2.29. The van der Waals surface area contributed by atoms with E-state index < -0.39 is 18.5 Å². The number of fused-ring (bicyclic) bond motifs is 3. The Hall–Kier alpha value is -4.36. The smallest absolute Gasteiger partial charge is 0.340 e. The van der Waals surface area contributed by atoms with E-state index in [2.05, 4.69) is 10.3 Å². The van der Waals surface area contributed by atoms with E-state index in [9.17, 15) is 19.2 Å². The number of nitrogens with zero attached hydrogens (tertiary/aromatic N) is 1. The van der Waals surface area contributed by atoms with Crippen molar-refractivity contribution in [1.29, 1.82) is 0 Å². The van der Waals surface area contributed by atoms with Gasteiger partial charge >= 0.3 is 5.97 Å². The molecule has 0 saturated heterocycles. The summed E-state index contributed by atoms with van der Waals surface area (Å²) in [6.07, 6.45) is 0. The third-order valence-electron chi connectivity index (χ3n) is 5.73. The number of nitrogens with one attached hydrogen (secondary N) is 1. The number of anilines is 1. The van der Waals surface area contributed by atoms with Crippen molar-refractivity contribution in [3.8, 4) is 0 Å². The molecule has 0 radical (unpaired) electrons. The van der Waals surface area contributed by atoms with E-state index in [1.54, 1.807) is 55.5 Å². The fraction of sp³-hybridized carbons (Fsp3) is 0.0741. The number of ketones is 2. The number of rotatable bonds is 4. The second-order valence-electron chi connectivity index (χ2n) is 8.05. The largest absolute Gasteiger partial charge is 0.452 e. The van der Waals surface area contributed by atoms with Gasteiger partial charge in [-0.25, -0.2) is 4.79 Å². The standard InChI is InChI=1S/C27H17ClN2O5/c1-14-21(11-15-10-16(28)6-9-23(15)29-14)27(34)35-13-24(31)30-17-7-8-20-22(12-17)26(33)19-5-3-2-4-18(19)25(20)32/h2-12H,13H2,1H3,(H,30,31). The monoisotopic (exact) mass is 484 g/mol.